The van der Waals surface area contributed by atoms with E-state index in [0.29, 0.717) is 49.7 Å². The van der Waals surface area contributed by atoms with Crippen LogP contribution in [0.2, 0.25) is 18.1 Å². The molecular formula is C64H81N3O5Si. The molecule has 0 saturated carbocycles. The van der Waals surface area contributed by atoms with Gasteiger partial charge in [0.25, 0.3) is 0 Å². The van der Waals surface area contributed by atoms with Crippen LogP contribution < -0.4 is 25.1 Å². The smallest absolute Gasteiger partial charge is 0.248 e. The highest BCUT2D eigenvalue weighted by Crippen LogP contribution is 2.42. The molecular weight excluding hydrogens is 919 g/mol. The molecule has 7 aromatic rings. The van der Waals surface area contributed by atoms with Gasteiger partial charge in [0, 0.05) is 53.5 Å². The first-order valence-electron chi connectivity index (χ1n) is 26.4. The number of pyridine rings is 1. The molecule has 0 spiro atoms. The van der Waals surface area contributed by atoms with Crippen molar-refractivity contribution in [2.45, 2.75) is 143 Å². The van der Waals surface area contributed by atoms with Crippen LogP contribution in [0.3, 0.4) is 0 Å². The summed E-state index contributed by atoms with van der Waals surface area (Å²) in [6.07, 6.45) is 2.27. The maximum Gasteiger partial charge on any atom is 0.248 e. The van der Waals surface area contributed by atoms with Crippen LogP contribution in [0, 0.1) is 0 Å². The normalized spacial score (nSPS) is 13.2. The van der Waals surface area contributed by atoms with Crippen LogP contribution in [0.25, 0.3) is 10.9 Å². The molecule has 73 heavy (non-hydrogen) atoms. The minimum Gasteiger partial charge on any atom is -0.493 e. The van der Waals surface area contributed by atoms with Crippen LogP contribution in [0.5, 0.6) is 17.2 Å². The summed E-state index contributed by atoms with van der Waals surface area (Å²) in [6, 6.07) is 55.2. The van der Waals surface area contributed by atoms with Gasteiger partial charge in [0.05, 0.1) is 18.2 Å². The summed E-state index contributed by atoms with van der Waals surface area (Å²) in [7, 11) is -2.25. The van der Waals surface area contributed by atoms with Gasteiger partial charge in [-0.25, -0.2) is 0 Å². The Morgan fingerprint density at radius 3 is 1.79 bits per heavy atom. The Bertz CT molecular complexity index is 2850. The predicted octanol–water partition coefficient (Wildman–Crippen LogP) is 14.6. The van der Waals surface area contributed by atoms with E-state index in [0.717, 1.165) is 59.4 Å². The fraction of sp³-hybridized carbons (Fsp3) is 0.391. The summed E-state index contributed by atoms with van der Waals surface area (Å²) in [5, 5.41) is 4.81. The van der Waals surface area contributed by atoms with Crippen LogP contribution in [0.4, 0.5) is 0 Å². The van der Waals surface area contributed by atoms with E-state index in [1.807, 2.05) is 48.5 Å². The van der Waals surface area contributed by atoms with Crippen molar-refractivity contribution in [1.29, 1.82) is 0 Å². The van der Waals surface area contributed by atoms with E-state index in [-0.39, 0.29) is 28.2 Å². The highest BCUT2D eigenvalue weighted by atomic mass is 28.4. The van der Waals surface area contributed by atoms with E-state index in [2.05, 4.69) is 194 Å². The van der Waals surface area contributed by atoms with Crippen LogP contribution in [0.15, 0.2) is 163 Å². The van der Waals surface area contributed by atoms with Gasteiger partial charge in [-0.1, -0.05) is 142 Å². The molecule has 0 aliphatic rings. The number of ether oxygens (including phenoxy) is 3. The molecule has 1 aromatic heterocycles. The first-order chi connectivity index (χ1) is 34.9. The van der Waals surface area contributed by atoms with Gasteiger partial charge in [-0.2, -0.15) is 0 Å². The Labute approximate surface area is 437 Å². The van der Waals surface area contributed by atoms with Gasteiger partial charge < -0.3 is 28.9 Å². The fourth-order valence-corrected chi connectivity index (χ4v) is 10.8. The van der Waals surface area contributed by atoms with E-state index < -0.39 is 8.32 Å². The highest BCUT2D eigenvalue weighted by Gasteiger charge is 2.40. The number of nitrogens with zero attached hydrogens (tertiary/aromatic N) is 1. The average molecular weight is 1000 g/mol. The highest BCUT2D eigenvalue weighted by molar-refractivity contribution is 6.74. The summed E-state index contributed by atoms with van der Waals surface area (Å²) in [4.78, 5) is 18.4. The van der Waals surface area contributed by atoms with Gasteiger partial charge in [0.15, 0.2) is 8.32 Å². The van der Waals surface area contributed by atoms with Crippen molar-refractivity contribution < 1.29 is 18.6 Å². The van der Waals surface area contributed by atoms with Crippen molar-refractivity contribution in [3.05, 3.63) is 207 Å². The van der Waals surface area contributed by atoms with Crippen molar-refractivity contribution in [3.63, 3.8) is 0 Å². The molecule has 386 valence electrons. The second-order valence-corrected chi connectivity index (χ2v) is 27.2. The monoisotopic (exact) mass is 1000 g/mol. The first kappa shape index (κ1) is 54.8. The third-order valence-electron chi connectivity index (χ3n) is 14.6. The second-order valence-electron chi connectivity index (χ2n) is 22.4. The number of aromatic nitrogens is 1. The number of fused-ring (bicyclic) bond motifs is 1. The molecule has 9 heteroatoms. The third-order valence-corrected chi connectivity index (χ3v) is 19.1. The van der Waals surface area contributed by atoms with Crippen molar-refractivity contribution in [2.75, 3.05) is 19.7 Å². The van der Waals surface area contributed by atoms with Crippen molar-refractivity contribution in [3.8, 4) is 17.2 Å². The van der Waals surface area contributed by atoms with Crippen LogP contribution >= 0.6 is 0 Å². The van der Waals surface area contributed by atoms with Gasteiger partial charge in [-0.15, -0.1) is 0 Å². The molecule has 8 nitrogen and oxygen atoms in total. The number of nitrogens with one attached hydrogen (secondary N) is 2. The number of aromatic amines is 1. The number of hydrogen-bond acceptors (Lipinski definition) is 7. The van der Waals surface area contributed by atoms with Crippen LogP contribution in [0.1, 0.15) is 120 Å². The molecule has 0 bridgehead atoms. The minimum atomic E-state index is -2.25. The lowest BCUT2D eigenvalue weighted by Gasteiger charge is -2.40. The van der Waals surface area contributed by atoms with E-state index >= 15 is 0 Å². The molecule has 0 aliphatic carbocycles. The maximum absolute atomic E-state index is 12.8. The summed E-state index contributed by atoms with van der Waals surface area (Å²) in [5.41, 5.74) is 8.42. The van der Waals surface area contributed by atoms with Crippen LogP contribution in [-0.4, -0.2) is 55.5 Å². The number of hydrogen-bond donors (Lipinski definition) is 2. The third kappa shape index (κ3) is 15.3. The molecule has 2 atom stereocenters. The molecule has 0 radical (unpaired) electrons. The summed E-state index contributed by atoms with van der Waals surface area (Å²) in [5.74, 6) is 2.59. The molecule has 0 aliphatic heterocycles. The Morgan fingerprint density at radius 2 is 1.19 bits per heavy atom. The zero-order chi connectivity index (χ0) is 52.2. The molecule has 0 amide bonds. The quantitative estimate of drug-likeness (QED) is 0.0552. The lowest BCUT2D eigenvalue weighted by molar-refractivity contribution is 0.168. The topological polar surface area (TPSA) is 85.1 Å². The molecule has 0 fully saturated rings. The van der Waals surface area contributed by atoms with E-state index in [1.165, 1.54) is 22.3 Å². The Hall–Kier alpha value is -5.97. The van der Waals surface area contributed by atoms with Gasteiger partial charge in [-0.3, -0.25) is 9.69 Å². The molecule has 6 aromatic carbocycles. The standard InChI is InChI=1S/C64H81N3O5Si/c1-46(2)67(47(3)4)39-37-54(52-25-19-14-20-26-52)57-41-48(29-34-58(57)70-44-50-21-15-12-16-22-50)38-40-69-53-30-27-49(28-31-53)42-64(8,9)65-43-60(72-73(10,11)63(5,6)7)55-32-35-59(62-56(55)33-36-61(68)66-62)71-45-51-23-17-13-18-24-51/h12-36,41,46-47,54,60,65H,37-40,42-45H2,1-11H3,(H,66,68)/t54-,60+/m1/s1. The number of H-pyrrole nitrogens is 1. The number of benzene rings is 6. The summed E-state index contributed by atoms with van der Waals surface area (Å²) < 4.78 is 26.7. The van der Waals surface area contributed by atoms with Gasteiger partial charge in [-0.05, 0) is 143 Å². The Kier molecular flexibility index (Phi) is 18.6. The van der Waals surface area contributed by atoms with Gasteiger partial charge >= 0.3 is 0 Å². The van der Waals surface area contributed by atoms with Gasteiger partial charge in [0.1, 0.15) is 30.5 Å². The van der Waals surface area contributed by atoms with E-state index in [9.17, 15) is 4.79 Å². The molecule has 0 saturated heterocycles. The van der Waals surface area contributed by atoms with E-state index in [1.54, 1.807) is 6.07 Å². The molecule has 7 rings (SSSR count). The first-order valence-corrected chi connectivity index (χ1v) is 29.3. The van der Waals surface area contributed by atoms with Gasteiger partial charge in [0.2, 0.25) is 5.56 Å². The van der Waals surface area contributed by atoms with Crippen LogP contribution in [-0.2, 0) is 30.5 Å². The van der Waals surface area contributed by atoms with Crippen molar-refractivity contribution in [2.24, 2.45) is 0 Å². The largest absolute Gasteiger partial charge is 0.493 e. The molecule has 2 N–H and O–H groups in total. The minimum absolute atomic E-state index is 0.00684. The average Bonchev–Trinajstić information content (AvgIpc) is 3.36. The Morgan fingerprint density at radius 1 is 0.616 bits per heavy atom. The molecule has 0 unspecified atom stereocenters. The maximum atomic E-state index is 12.8. The summed E-state index contributed by atoms with van der Waals surface area (Å²) in [6.45, 7) is 28.1. The van der Waals surface area contributed by atoms with Crippen molar-refractivity contribution >= 4 is 19.2 Å². The Balaban J connectivity index is 1.03. The van der Waals surface area contributed by atoms with Crippen molar-refractivity contribution in [1.82, 2.24) is 15.2 Å². The fourth-order valence-electron chi connectivity index (χ4n) is 9.53. The molecule has 1 heterocycles. The second kappa shape index (κ2) is 24.8. The zero-order valence-electron chi connectivity index (χ0n) is 45.5. The lowest BCUT2D eigenvalue weighted by Crippen LogP contribution is -2.47. The zero-order valence-corrected chi connectivity index (χ0v) is 46.5. The SMILES string of the molecule is CC(C)N(CC[C@H](c1ccccc1)c1cc(CCOc2ccc(CC(C)(C)NC[C@H](O[Si](C)(C)C(C)(C)C)c3ccc(OCc4ccccc4)c4[nH]c(=O)ccc34)cc2)ccc1OCc1ccccc1)C(C)C. The summed E-state index contributed by atoms with van der Waals surface area (Å²) >= 11 is 0. The predicted molar refractivity (Wildman–Crippen MR) is 305 cm³/mol. The number of rotatable bonds is 25. The van der Waals surface area contributed by atoms with E-state index in [4.69, 9.17) is 18.6 Å². The lowest BCUT2D eigenvalue weighted by atomic mass is 9.86.